The minimum atomic E-state index is -0.584. The summed E-state index contributed by atoms with van der Waals surface area (Å²) in [5.41, 5.74) is 8.47. The fourth-order valence-corrected chi connectivity index (χ4v) is 4.28. The van der Waals surface area contributed by atoms with E-state index in [-0.39, 0.29) is 24.1 Å². The van der Waals surface area contributed by atoms with Gasteiger partial charge in [0.15, 0.2) is 5.78 Å². The van der Waals surface area contributed by atoms with E-state index in [1.54, 1.807) is 16.7 Å². The predicted octanol–water partition coefficient (Wildman–Crippen LogP) is 5.59. The molecule has 1 aliphatic heterocycles. The summed E-state index contributed by atoms with van der Waals surface area (Å²) in [6, 6.07) is 12.5. The van der Waals surface area contributed by atoms with Gasteiger partial charge in [0, 0.05) is 27.7 Å². The highest BCUT2D eigenvalue weighted by molar-refractivity contribution is 7.99. The molecule has 2 atom stereocenters. The van der Waals surface area contributed by atoms with E-state index in [1.807, 2.05) is 42.5 Å². The van der Waals surface area contributed by atoms with E-state index in [0.29, 0.717) is 41.1 Å². The second kappa shape index (κ2) is 10.7. The number of hydrogen-bond acceptors (Lipinski definition) is 4. The molecule has 1 unspecified atom stereocenters. The molecule has 0 saturated carbocycles. The number of halogens is 2. The van der Waals surface area contributed by atoms with Crippen LogP contribution in [-0.4, -0.2) is 23.5 Å². The SMILES string of the molecule is CC(C)C(C)CC(=O)c1ccc2c(c1)N(Cc1ccc(Cl)cc1)C(=O)[C@@H](N)CS2.Cl. The highest BCUT2D eigenvalue weighted by Crippen LogP contribution is 2.36. The number of anilines is 1. The summed E-state index contributed by atoms with van der Waals surface area (Å²) in [5, 5.41) is 0.649. The minimum Gasteiger partial charge on any atom is -0.319 e. The average Bonchev–Trinajstić information content (AvgIpc) is 2.81. The van der Waals surface area contributed by atoms with Gasteiger partial charge in [0.05, 0.1) is 18.3 Å². The maximum absolute atomic E-state index is 13.0. The van der Waals surface area contributed by atoms with Crippen molar-refractivity contribution in [2.75, 3.05) is 10.7 Å². The zero-order valence-electron chi connectivity index (χ0n) is 17.4. The number of Topliss-reactive ketones (excluding diaryl/α,β-unsaturated/α-hetero) is 1. The molecule has 3 rings (SSSR count). The molecule has 0 spiro atoms. The van der Waals surface area contributed by atoms with Crippen LogP contribution in [0.25, 0.3) is 0 Å². The summed E-state index contributed by atoms with van der Waals surface area (Å²) in [6.45, 7) is 6.73. The van der Waals surface area contributed by atoms with Gasteiger partial charge in [-0.05, 0) is 41.7 Å². The first-order valence-corrected chi connectivity index (χ1v) is 11.2. The lowest BCUT2D eigenvalue weighted by molar-refractivity contribution is -0.119. The van der Waals surface area contributed by atoms with Crippen molar-refractivity contribution >= 4 is 53.1 Å². The highest BCUT2D eigenvalue weighted by Gasteiger charge is 2.29. The maximum atomic E-state index is 13.0. The van der Waals surface area contributed by atoms with Gasteiger partial charge in [-0.2, -0.15) is 0 Å². The molecule has 2 aromatic rings. The van der Waals surface area contributed by atoms with E-state index < -0.39 is 6.04 Å². The summed E-state index contributed by atoms with van der Waals surface area (Å²) in [7, 11) is 0. The highest BCUT2D eigenvalue weighted by atomic mass is 35.5. The topological polar surface area (TPSA) is 63.4 Å². The molecule has 0 bridgehead atoms. The predicted molar refractivity (Wildman–Crippen MR) is 128 cm³/mol. The number of nitrogens with zero attached hydrogens (tertiary/aromatic N) is 1. The van der Waals surface area contributed by atoms with Gasteiger partial charge in [-0.25, -0.2) is 0 Å². The number of fused-ring (bicyclic) bond motifs is 1. The van der Waals surface area contributed by atoms with Crippen LogP contribution in [0.15, 0.2) is 47.4 Å². The van der Waals surface area contributed by atoms with Gasteiger partial charge in [0.25, 0.3) is 0 Å². The Kier molecular flexibility index (Phi) is 8.80. The van der Waals surface area contributed by atoms with Gasteiger partial charge in [0.1, 0.15) is 0 Å². The molecule has 4 nitrogen and oxygen atoms in total. The Labute approximate surface area is 193 Å². The van der Waals surface area contributed by atoms with Crippen LogP contribution in [0.3, 0.4) is 0 Å². The Morgan fingerprint density at radius 3 is 2.50 bits per heavy atom. The fourth-order valence-electron chi connectivity index (χ4n) is 3.18. The van der Waals surface area contributed by atoms with Crippen molar-refractivity contribution in [2.45, 2.75) is 44.7 Å². The number of carbonyl (C=O) groups is 2. The maximum Gasteiger partial charge on any atom is 0.245 e. The van der Waals surface area contributed by atoms with Crippen molar-refractivity contribution in [1.82, 2.24) is 0 Å². The van der Waals surface area contributed by atoms with Crippen molar-refractivity contribution in [3.05, 3.63) is 58.6 Å². The Morgan fingerprint density at radius 1 is 1.20 bits per heavy atom. The molecule has 2 aromatic carbocycles. The van der Waals surface area contributed by atoms with Crippen molar-refractivity contribution in [3.8, 4) is 0 Å². The monoisotopic (exact) mass is 466 g/mol. The van der Waals surface area contributed by atoms with Gasteiger partial charge in [-0.15, -0.1) is 24.2 Å². The van der Waals surface area contributed by atoms with Crippen LogP contribution in [-0.2, 0) is 11.3 Å². The number of benzene rings is 2. The number of ketones is 1. The second-order valence-electron chi connectivity index (χ2n) is 8.00. The van der Waals surface area contributed by atoms with Crippen molar-refractivity contribution in [3.63, 3.8) is 0 Å². The molecule has 30 heavy (non-hydrogen) atoms. The lowest BCUT2D eigenvalue weighted by atomic mass is 9.90. The van der Waals surface area contributed by atoms with E-state index >= 15 is 0 Å². The Hall–Kier alpha value is -1.53. The van der Waals surface area contributed by atoms with Crippen molar-refractivity contribution in [1.29, 1.82) is 0 Å². The van der Waals surface area contributed by atoms with Crippen LogP contribution in [0.5, 0.6) is 0 Å². The Balaban J connectivity index is 0.00000320. The lowest BCUT2D eigenvalue weighted by Gasteiger charge is -2.25. The molecular weight excluding hydrogens is 439 g/mol. The second-order valence-corrected chi connectivity index (χ2v) is 9.50. The van der Waals surface area contributed by atoms with E-state index in [4.69, 9.17) is 17.3 Å². The lowest BCUT2D eigenvalue weighted by Crippen LogP contribution is -2.44. The largest absolute Gasteiger partial charge is 0.319 e. The molecular formula is C23H28Cl2N2O2S. The first-order chi connectivity index (χ1) is 13.8. The number of nitrogens with two attached hydrogens (primary N) is 1. The number of hydrogen-bond donors (Lipinski definition) is 1. The third-order valence-corrected chi connectivity index (χ3v) is 6.91. The molecule has 0 radical (unpaired) electrons. The molecule has 1 aliphatic rings. The molecule has 0 fully saturated rings. The third kappa shape index (κ3) is 5.79. The van der Waals surface area contributed by atoms with Gasteiger partial charge >= 0.3 is 0 Å². The molecule has 1 heterocycles. The third-order valence-electron chi connectivity index (χ3n) is 5.47. The van der Waals surface area contributed by atoms with Crippen LogP contribution in [0.2, 0.25) is 5.02 Å². The van der Waals surface area contributed by atoms with Gasteiger partial charge in [-0.1, -0.05) is 50.6 Å². The van der Waals surface area contributed by atoms with Crippen LogP contribution in [0.1, 0.15) is 43.1 Å². The Bertz CT molecular complexity index is 903. The number of carbonyl (C=O) groups excluding carboxylic acids is 2. The normalized spacial score (nSPS) is 17.2. The number of thioether (sulfide) groups is 1. The van der Waals surface area contributed by atoms with Crippen molar-refractivity contribution < 1.29 is 9.59 Å². The quantitative estimate of drug-likeness (QED) is 0.563. The molecule has 0 aromatic heterocycles. The van der Waals surface area contributed by atoms with E-state index in [9.17, 15) is 9.59 Å². The summed E-state index contributed by atoms with van der Waals surface area (Å²) in [4.78, 5) is 28.5. The molecule has 162 valence electrons. The minimum absolute atomic E-state index is 0. The molecule has 1 amide bonds. The summed E-state index contributed by atoms with van der Waals surface area (Å²) in [6.07, 6.45) is 0.494. The van der Waals surface area contributed by atoms with E-state index in [0.717, 1.165) is 16.1 Å². The van der Waals surface area contributed by atoms with Crippen molar-refractivity contribution in [2.24, 2.45) is 17.6 Å². The first-order valence-electron chi connectivity index (χ1n) is 9.87. The zero-order chi connectivity index (χ0) is 21.1. The van der Waals surface area contributed by atoms with Gasteiger partial charge in [0.2, 0.25) is 5.91 Å². The molecule has 0 saturated heterocycles. The van der Waals surface area contributed by atoms with Gasteiger partial charge < -0.3 is 10.6 Å². The number of amides is 1. The average molecular weight is 467 g/mol. The summed E-state index contributed by atoms with van der Waals surface area (Å²) >= 11 is 7.55. The van der Waals surface area contributed by atoms with Crippen LogP contribution >= 0.6 is 35.8 Å². The van der Waals surface area contributed by atoms with Gasteiger partial charge in [-0.3, -0.25) is 9.59 Å². The molecule has 7 heteroatoms. The summed E-state index contributed by atoms with van der Waals surface area (Å²) in [5.74, 6) is 1.23. The van der Waals surface area contributed by atoms with E-state index in [1.165, 1.54) is 0 Å². The van der Waals surface area contributed by atoms with E-state index in [2.05, 4.69) is 20.8 Å². The molecule has 2 N–H and O–H groups in total. The summed E-state index contributed by atoms with van der Waals surface area (Å²) < 4.78 is 0. The number of rotatable bonds is 6. The smallest absolute Gasteiger partial charge is 0.245 e. The standard InChI is InChI=1S/C23H27ClN2O2S.ClH/c1-14(2)15(3)10-21(27)17-6-9-22-20(11-17)26(23(28)19(25)13-29-22)12-16-4-7-18(24)8-5-16;/h4-9,11,14-15,19H,10,12-13,25H2,1-3H3;1H/t15?,19-;/m0./s1. The zero-order valence-corrected chi connectivity index (χ0v) is 19.8. The van der Waals surface area contributed by atoms with Crippen LogP contribution in [0.4, 0.5) is 5.69 Å². The van der Waals surface area contributed by atoms with Crippen LogP contribution in [0, 0.1) is 11.8 Å². The first kappa shape index (κ1) is 24.7. The van der Waals surface area contributed by atoms with Crippen LogP contribution < -0.4 is 10.6 Å². The fraction of sp³-hybridized carbons (Fsp3) is 0.391. The molecule has 0 aliphatic carbocycles. The Morgan fingerprint density at radius 2 is 1.87 bits per heavy atom.